The molecular formula is C18H19NO5. The van der Waals surface area contributed by atoms with Crippen molar-refractivity contribution in [3.63, 3.8) is 0 Å². The molecule has 0 unspecified atom stereocenters. The molecule has 2 aliphatic rings. The number of hydrogen-bond acceptors (Lipinski definition) is 5. The van der Waals surface area contributed by atoms with Crippen molar-refractivity contribution in [3.05, 3.63) is 40.6 Å². The van der Waals surface area contributed by atoms with Crippen LogP contribution in [-0.2, 0) is 14.3 Å². The summed E-state index contributed by atoms with van der Waals surface area (Å²) in [4.78, 5) is 26.6. The molecule has 0 radical (unpaired) electrons. The lowest BCUT2D eigenvalue weighted by Gasteiger charge is -2.22. The van der Waals surface area contributed by atoms with E-state index in [0.717, 1.165) is 5.56 Å². The van der Waals surface area contributed by atoms with Gasteiger partial charge in [0.2, 0.25) is 6.79 Å². The third-order valence-corrected chi connectivity index (χ3v) is 4.06. The predicted molar refractivity (Wildman–Crippen MR) is 87.2 cm³/mol. The van der Waals surface area contributed by atoms with Gasteiger partial charge in [0.1, 0.15) is 0 Å². The summed E-state index contributed by atoms with van der Waals surface area (Å²) in [5.41, 5.74) is 1.98. The van der Waals surface area contributed by atoms with Gasteiger partial charge in [0.15, 0.2) is 11.5 Å². The van der Waals surface area contributed by atoms with Crippen LogP contribution in [-0.4, -0.2) is 36.7 Å². The lowest BCUT2D eigenvalue weighted by Crippen LogP contribution is -2.31. The summed E-state index contributed by atoms with van der Waals surface area (Å²) in [7, 11) is 1.31. The Morgan fingerprint density at radius 1 is 1.29 bits per heavy atom. The van der Waals surface area contributed by atoms with Crippen molar-refractivity contribution in [2.24, 2.45) is 0 Å². The number of hydrogen-bond donors (Lipinski definition) is 0. The maximum atomic E-state index is 12.8. The highest BCUT2D eigenvalue weighted by molar-refractivity contribution is 6.16. The monoisotopic (exact) mass is 329 g/mol. The standard InChI is InChI=1S/C18H19NO5/c1-10(2)19-11(3)16(18(21)22-4)13(17(19)20)7-12-5-6-14-15(8-12)24-9-23-14/h5-8,10H,9H2,1-4H3/b13-7-. The van der Waals surface area contributed by atoms with Gasteiger partial charge in [-0.3, -0.25) is 4.79 Å². The lowest BCUT2D eigenvalue weighted by atomic mass is 10.0. The summed E-state index contributed by atoms with van der Waals surface area (Å²) in [6.07, 6.45) is 1.68. The van der Waals surface area contributed by atoms with Crippen LogP contribution < -0.4 is 9.47 Å². The van der Waals surface area contributed by atoms with Crippen LogP contribution in [0.5, 0.6) is 11.5 Å². The molecule has 6 heteroatoms. The summed E-state index contributed by atoms with van der Waals surface area (Å²) in [5.74, 6) is 0.561. The number of esters is 1. The molecule has 1 aromatic rings. The first-order valence-electron chi connectivity index (χ1n) is 7.68. The molecule has 6 nitrogen and oxygen atoms in total. The van der Waals surface area contributed by atoms with Crippen LogP contribution >= 0.6 is 0 Å². The van der Waals surface area contributed by atoms with Crippen LogP contribution in [0.1, 0.15) is 26.3 Å². The number of carbonyl (C=O) groups is 2. The van der Waals surface area contributed by atoms with Gasteiger partial charge in [-0.25, -0.2) is 4.79 Å². The van der Waals surface area contributed by atoms with Gasteiger partial charge in [0.25, 0.3) is 5.91 Å². The first-order chi connectivity index (χ1) is 11.4. The van der Waals surface area contributed by atoms with Crippen molar-refractivity contribution < 1.29 is 23.8 Å². The highest BCUT2D eigenvalue weighted by Gasteiger charge is 2.38. The minimum Gasteiger partial charge on any atom is -0.465 e. The van der Waals surface area contributed by atoms with E-state index in [1.54, 1.807) is 30.0 Å². The van der Waals surface area contributed by atoms with Crippen LogP contribution in [0, 0.1) is 0 Å². The van der Waals surface area contributed by atoms with E-state index in [1.807, 2.05) is 19.9 Å². The summed E-state index contributed by atoms with van der Waals surface area (Å²) in [6.45, 7) is 5.74. The van der Waals surface area contributed by atoms with Crippen molar-refractivity contribution in [1.29, 1.82) is 0 Å². The smallest absolute Gasteiger partial charge is 0.340 e. The van der Waals surface area contributed by atoms with Crippen molar-refractivity contribution in [2.45, 2.75) is 26.8 Å². The molecule has 0 spiro atoms. The Morgan fingerprint density at radius 3 is 2.67 bits per heavy atom. The SMILES string of the molecule is COC(=O)C1=C(C)N(C(C)C)C(=O)/C1=C\c1ccc2c(c1)OCO2. The zero-order chi connectivity index (χ0) is 17.4. The number of ether oxygens (including phenoxy) is 3. The summed E-state index contributed by atoms with van der Waals surface area (Å²) >= 11 is 0. The molecule has 0 aliphatic carbocycles. The van der Waals surface area contributed by atoms with Crippen molar-refractivity contribution in [1.82, 2.24) is 4.90 Å². The van der Waals surface area contributed by atoms with E-state index in [4.69, 9.17) is 14.2 Å². The topological polar surface area (TPSA) is 65.1 Å². The van der Waals surface area contributed by atoms with E-state index in [2.05, 4.69) is 0 Å². The molecule has 2 aliphatic heterocycles. The zero-order valence-electron chi connectivity index (χ0n) is 14.1. The molecule has 0 N–H and O–H groups in total. The zero-order valence-corrected chi connectivity index (χ0v) is 14.1. The molecule has 0 aromatic heterocycles. The van der Waals surface area contributed by atoms with Gasteiger partial charge in [-0.1, -0.05) is 6.07 Å². The average molecular weight is 329 g/mol. The summed E-state index contributed by atoms with van der Waals surface area (Å²) in [6, 6.07) is 5.32. The number of benzene rings is 1. The lowest BCUT2D eigenvalue weighted by molar-refractivity contribution is -0.136. The van der Waals surface area contributed by atoms with E-state index in [0.29, 0.717) is 28.3 Å². The molecular weight excluding hydrogens is 310 g/mol. The van der Waals surface area contributed by atoms with Gasteiger partial charge in [0.05, 0.1) is 18.3 Å². The molecule has 24 heavy (non-hydrogen) atoms. The first kappa shape index (κ1) is 16.1. The van der Waals surface area contributed by atoms with Crippen LogP contribution in [0.25, 0.3) is 6.08 Å². The average Bonchev–Trinajstić information content (AvgIpc) is 3.09. The normalized spacial score (nSPS) is 18.1. The predicted octanol–water partition coefficient (Wildman–Crippen LogP) is 2.50. The summed E-state index contributed by atoms with van der Waals surface area (Å²) in [5, 5.41) is 0. The maximum absolute atomic E-state index is 12.8. The summed E-state index contributed by atoms with van der Waals surface area (Å²) < 4.78 is 15.5. The number of methoxy groups -OCH3 is 1. The Balaban J connectivity index is 2.07. The molecule has 0 saturated carbocycles. The number of amides is 1. The van der Waals surface area contributed by atoms with E-state index >= 15 is 0 Å². The minimum atomic E-state index is -0.518. The Morgan fingerprint density at radius 2 is 2.00 bits per heavy atom. The second-order valence-corrected chi connectivity index (χ2v) is 5.89. The van der Waals surface area contributed by atoms with Crippen LogP contribution in [0.3, 0.4) is 0 Å². The Kier molecular flexibility index (Phi) is 4.05. The van der Waals surface area contributed by atoms with Gasteiger partial charge in [-0.05, 0) is 44.5 Å². The van der Waals surface area contributed by atoms with E-state index in [-0.39, 0.29) is 18.7 Å². The molecule has 1 aromatic carbocycles. The van der Waals surface area contributed by atoms with Crippen molar-refractivity contribution >= 4 is 18.0 Å². The van der Waals surface area contributed by atoms with Gasteiger partial charge in [-0.2, -0.15) is 0 Å². The first-order valence-corrected chi connectivity index (χ1v) is 7.68. The van der Waals surface area contributed by atoms with Crippen molar-refractivity contribution in [2.75, 3.05) is 13.9 Å². The van der Waals surface area contributed by atoms with Crippen LogP contribution in [0.2, 0.25) is 0 Å². The third-order valence-electron chi connectivity index (χ3n) is 4.06. The van der Waals surface area contributed by atoms with Gasteiger partial charge in [0, 0.05) is 11.7 Å². The number of allylic oxidation sites excluding steroid dienone is 1. The Labute approximate surface area is 140 Å². The molecule has 0 saturated heterocycles. The van der Waals surface area contributed by atoms with E-state index < -0.39 is 5.97 Å². The molecule has 2 heterocycles. The second kappa shape index (κ2) is 6.03. The third kappa shape index (κ3) is 2.54. The Hall–Kier alpha value is -2.76. The van der Waals surface area contributed by atoms with E-state index in [9.17, 15) is 9.59 Å². The molecule has 0 bridgehead atoms. The fourth-order valence-corrected chi connectivity index (χ4v) is 2.99. The number of nitrogens with zero attached hydrogens (tertiary/aromatic N) is 1. The molecule has 3 rings (SSSR count). The van der Waals surface area contributed by atoms with Gasteiger partial charge < -0.3 is 19.1 Å². The highest BCUT2D eigenvalue weighted by Crippen LogP contribution is 2.36. The quantitative estimate of drug-likeness (QED) is 0.630. The maximum Gasteiger partial charge on any atom is 0.340 e. The van der Waals surface area contributed by atoms with Gasteiger partial charge >= 0.3 is 5.97 Å². The molecule has 126 valence electrons. The molecule has 0 fully saturated rings. The number of rotatable bonds is 3. The molecule has 1 amide bonds. The van der Waals surface area contributed by atoms with Gasteiger partial charge in [-0.15, -0.1) is 0 Å². The van der Waals surface area contributed by atoms with E-state index in [1.165, 1.54) is 7.11 Å². The highest BCUT2D eigenvalue weighted by atomic mass is 16.7. The number of fused-ring (bicyclic) bond motifs is 1. The van der Waals surface area contributed by atoms with Crippen molar-refractivity contribution in [3.8, 4) is 11.5 Å². The van der Waals surface area contributed by atoms with Crippen LogP contribution in [0.15, 0.2) is 35.0 Å². The largest absolute Gasteiger partial charge is 0.465 e. The minimum absolute atomic E-state index is 0.0557. The molecule has 0 atom stereocenters. The second-order valence-electron chi connectivity index (χ2n) is 5.89. The van der Waals surface area contributed by atoms with Crippen LogP contribution in [0.4, 0.5) is 0 Å². The fraction of sp³-hybridized carbons (Fsp3) is 0.333. The Bertz CT molecular complexity index is 776. The fourth-order valence-electron chi connectivity index (χ4n) is 2.99. The number of carbonyl (C=O) groups excluding carboxylic acids is 2.